The molecule has 0 aromatic rings. The quantitative estimate of drug-likeness (QED) is 0.0252. The van der Waals surface area contributed by atoms with Gasteiger partial charge in [-0.2, -0.15) is 0 Å². The molecule has 566 valence electrons. The molecule has 0 aromatic carbocycles. The van der Waals surface area contributed by atoms with Crippen molar-refractivity contribution in [2.45, 2.75) is 165 Å². The second-order valence-electron chi connectivity index (χ2n) is 23.5. The molecule has 0 radical (unpaired) electrons. The Bertz CT molecular complexity index is 1930. The van der Waals surface area contributed by atoms with Gasteiger partial charge in [0.25, 0.3) is 0 Å². The van der Waals surface area contributed by atoms with E-state index in [0.29, 0.717) is 19.3 Å². The molecule has 3 rings (SSSR count). The third-order valence-corrected chi connectivity index (χ3v) is 16.0. The van der Waals surface area contributed by atoms with Crippen LogP contribution in [0.15, 0.2) is 0 Å². The van der Waals surface area contributed by atoms with E-state index < -0.39 is 135 Å². The summed E-state index contributed by atoms with van der Waals surface area (Å²) in [7, 11) is 0. The van der Waals surface area contributed by atoms with Gasteiger partial charge >= 0.3 is 0 Å². The summed E-state index contributed by atoms with van der Waals surface area (Å²) >= 11 is 0. The molecule has 0 spiro atoms. The van der Waals surface area contributed by atoms with Gasteiger partial charge in [-0.05, 0) is 30.6 Å². The van der Waals surface area contributed by atoms with E-state index in [1.807, 2.05) is 13.8 Å². The predicted octanol–water partition coefficient (Wildman–Crippen LogP) is -6.65. The maximum absolute atomic E-state index is 13.2. The molecule has 97 heavy (non-hydrogen) atoms. The van der Waals surface area contributed by atoms with Crippen molar-refractivity contribution >= 4 is 35.4 Å². The second-order valence-corrected chi connectivity index (χ2v) is 23.5. The van der Waals surface area contributed by atoms with Crippen LogP contribution in [0.25, 0.3) is 0 Å². The van der Waals surface area contributed by atoms with Gasteiger partial charge in [0.15, 0.2) is 18.9 Å². The molecular weight excluding hydrogens is 1300 g/mol. The number of aliphatic hydroxyl groups is 9. The summed E-state index contributed by atoms with van der Waals surface area (Å²) in [6.07, 6.45) is -13.7. The molecule has 0 aliphatic carbocycles. The van der Waals surface area contributed by atoms with E-state index in [1.165, 1.54) is 20.8 Å². The normalized spacial score (nSPS) is 26.4. The monoisotopic (exact) mass is 1410 g/mol. The van der Waals surface area contributed by atoms with Gasteiger partial charge < -0.3 is 149 Å². The number of amides is 6. The van der Waals surface area contributed by atoms with Crippen LogP contribution in [0.4, 0.5) is 0 Å². The Morgan fingerprint density at radius 3 is 0.773 bits per heavy atom. The Morgan fingerprint density at radius 1 is 0.351 bits per heavy atom. The van der Waals surface area contributed by atoms with Crippen LogP contribution in [0.1, 0.15) is 73.1 Å². The predicted molar refractivity (Wildman–Crippen MR) is 335 cm³/mol. The van der Waals surface area contributed by atoms with Crippen molar-refractivity contribution < 1.29 is 146 Å². The van der Waals surface area contributed by atoms with E-state index in [2.05, 4.69) is 31.9 Å². The lowest BCUT2D eigenvalue weighted by Crippen LogP contribution is -2.64. The highest BCUT2D eigenvalue weighted by Gasteiger charge is 2.48. The highest BCUT2D eigenvalue weighted by atomic mass is 16.7. The summed E-state index contributed by atoms with van der Waals surface area (Å²) in [5.74, 6) is -2.11. The van der Waals surface area contributed by atoms with Crippen molar-refractivity contribution in [1.82, 2.24) is 31.9 Å². The third-order valence-electron chi connectivity index (χ3n) is 16.0. The SMILES string of the molecule is CC(=O)NC1C(OCCOCCOCCOCCNC(=O)CCC(CCC(=O)NCCOCCOCCOCCOC2OC(CO)C(O)C(O)C2NC(C)=O)(CCC(=O)NCCOCCOCCOCCOC2OC(CO)C(O)C(O)C2NC(C)=O)C(C)C)OC(CO)C(O)C1O. The third kappa shape index (κ3) is 34.9. The van der Waals surface area contributed by atoms with Gasteiger partial charge in [-0.1, -0.05) is 13.8 Å². The van der Waals surface area contributed by atoms with Crippen LogP contribution in [-0.2, 0) is 99.8 Å². The molecule has 3 saturated heterocycles. The van der Waals surface area contributed by atoms with Crippen molar-refractivity contribution in [3.8, 4) is 0 Å². The first-order valence-corrected chi connectivity index (χ1v) is 33.1. The molecular formula is C61H112N6O30. The van der Waals surface area contributed by atoms with Crippen LogP contribution in [0.5, 0.6) is 0 Å². The fourth-order valence-corrected chi connectivity index (χ4v) is 10.5. The summed E-state index contributed by atoms with van der Waals surface area (Å²) < 4.78 is 83.6. The van der Waals surface area contributed by atoms with Crippen LogP contribution < -0.4 is 31.9 Å². The van der Waals surface area contributed by atoms with Gasteiger partial charge in [-0.15, -0.1) is 0 Å². The maximum atomic E-state index is 13.2. The van der Waals surface area contributed by atoms with Crippen molar-refractivity contribution in [1.29, 1.82) is 0 Å². The Kier molecular flexibility index (Phi) is 45.8. The summed E-state index contributed by atoms with van der Waals surface area (Å²) in [6.45, 7) is 10.7. The largest absolute Gasteiger partial charge is 0.394 e. The summed E-state index contributed by atoms with van der Waals surface area (Å²) in [5, 5.41) is 106. The van der Waals surface area contributed by atoms with Crippen LogP contribution in [0.2, 0.25) is 0 Å². The van der Waals surface area contributed by atoms with Crippen molar-refractivity contribution in [2.24, 2.45) is 11.3 Å². The number of aliphatic hydroxyl groups excluding tert-OH is 9. The Balaban J connectivity index is 1.34. The molecule has 0 saturated carbocycles. The minimum absolute atomic E-state index is 0.0178. The van der Waals surface area contributed by atoms with Crippen LogP contribution >= 0.6 is 0 Å². The molecule has 36 heteroatoms. The highest BCUT2D eigenvalue weighted by molar-refractivity contribution is 5.77. The molecule has 3 aliphatic heterocycles. The van der Waals surface area contributed by atoms with E-state index in [9.17, 15) is 74.7 Å². The number of carbonyl (C=O) groups is 6. The first-order chi connectivity index (χ1) is 46.6. The van der Waals surface area contributed by atoms with E-state index in [-0.39, 0.29) is 201 Å². The van der Waals surface area contributed by atoms with E-state index in [0.717, 1.165) is 0 Å². The van der Waals surface area contributed by atoms with Crippen molar-refractivity contribution in [3.05, 3.63) is 0 Å². The van der Waals surface area contributed by atoms with Crippen LogP contribution in [-0.4, -0.2) is 352 Å². The number of ether oxygens (including phenoxy) is 15. The van der Waals surface area contributed by atoms with Crippen molar-refractivity contribution in [3.63, 3.8) is 0 Å². The fourth-order valence-electron chi connectivity index (χ4n) is 10.5. The molecule has 6 amide bonds. The summed E-state index contributed by atoms with van der Waals surface area (Å²) in [6, 6.07) is -3.19. The second kappa shape index (κ2) is 51.1. The van der Waals surface area contributed by atoms with Gasteiger partial charge in [-0.3, -0.25) is 28.8 Å². The summed E-state index contributed by atoms with van der Waals surface area (Å²) in [5.41, 5.74) is -0.582. The lowest BCUT2D eigenvalue weighted by Gasteiger charge is -2.42. The van der Waals surface area contributed by atoms with Crippen LogP contribution in [0, 0.1) is 11.3 Å². The molecule has 15 unspecified atom stereocenters. The van der Waals surface area contributed by atoms with Gasteiger partial charge in [0.2, 0.25) is 35.4 Å². The summed E-state index contributed by atoms with van der Waals surface area (Å²) in [4.78, 5) is 74.6. The molecule has 3 aliphatic rings. The number of hydrogen-bond donors (Lipinski definition) is 15. The number of carbonyl (C=O) groups excluding carboxylic acids is 6. The zero-order valence-corrected chi connectivity index (χ0v) is 56.7. The smallest absolute Gasteiger partial charge is 0.220 e. The zero-order valence-electron chi connectivity index (χ0n) is 56.7. The van der Waals surface area contributed by atoms with E-state index in [4.69, 9.17) is 71.1 Å². The molecule has 15 atom stereocenters. The van der Waals surface area contributed by atoms with Gasteiger partial charge in [0.1, 0.15) is 73.1 Å². The Morgan fingerprint density at radius 2 is 0.567 bits per heavy atom. The molecule has 15 N–H and O–H groups in total. The first kappa shape index (κ1) is 87.1. The molecule has 3 fully saturated rings. The van der Waals surface area contributed by atoms with Gasteiger partial charge in [0, 0.05) is 59.7 Å². The average Bonchev–Trinajstić information content (AvgIpc) is 0.833. The van der Waals surface area contributed by atoms with Crippen LogP contribution in [0.3, 0.4) is 0 Å². The van der Waals surface area contributed by atoms with E-state index >= 15 is 0 Å². The molecule has 0 aromatic heterocycles. The number of nitrogens with one attached hydrogen (secondary N) is 6. The lowest BCUT2D eigenvalue weighted by atomic mass is 9.67. The first-order valence-electron chi connectivity index (χ1n) is 33.1. The van der Waals surface area contributed by atoms with Gasteiger partial charge in [-0.25, -0.2) is 0 Å². The maximum Gasteiger partial charge on any atom is 0.220 e. The topological polar surface area (TPSA) is 495 Å². The molecule has 0 bridgehead atoms. The Labute approximate surface area is 566 Å². The lowest BCUT2D eigenvalue weighted by molar-refractivity contribution is -0.272. The Hall–Kier alpha value is -4.14. The number of rotatable bonds is 55. The molecule has 36 nitrogen and oxygen atoms in total. The molecule has 3 heterocycles. The fraction of sp³-hybridized carbons (Fsp3) is 0.902. The van der Waals surface area contributed by atoms with Gasteiger partial charge in [0.05, 0.1) is 159 Å². The zero-order chi connectivity index (χ0) is 71.4. The standard InChI is InChI=1S/C61H112N6O30/c1-39(2)61(9-6-46(74)62-12-15-83-18-21-86-24-27-89-30-33-92-58-49(65-40(3)71)55(80)52(77)43(36-68)95-58,10-7-47(75)63-13-16-84-19-22-87-25-28-90-31-34-93-59-50(66-41(4)72)56(81)53(78)44(37-69)96-59)11-8-48(76)64-14-17-85-20-23-88-26-29-91-32-35-94-60-51(67-42(5)73)57(82)54(79)45(38-70)97-60/h39,43-45,49-60,68-70,77-82H,6-38H2,1-5H3,(H,62,74)(H,63,75)(H,64,76)(H,65,71)(H,66,72)(H,67,73). The van der Waals surface area contributed by atoms with Crippen molar-refractivity contribution in [2.75, 3.05) is 178 Å². The minimum atomic E-state index is -1.43. The van der Waals surface area contributed by atoms with E-state index in [1.54, 1.807) is 0 Å². The number of hydrogen-bond acceptors (Lipinski definition) is 30. The highest BCUT2D eigenvalue weighted by Crippen LogP contribution is 2.42. The average molecular weight is 1410 g/mol. The minimum Gasteiger partial charge on any atom is -0.394 e.